The van der Waals surface area contributed by atoms with Crippen LogP contribution in [0.4, 0.5) is 0 Å². The molecule has 3 nitrogen and oxygen atoms in total. The highest BCUT2D eigenvalue weighted by atomic mass is 16.4. The van der Waals surface area contributed by atoms with Crippen LogP contribution in [0.2, 0.25) is 0 Å². The van der Waals surface area contributed by atoms with E-state index in [4.69, 9.17) is 0 Å². The van der Waals surface area contributed by atoms with Crippen molar-refractivity contribution in [1.29, 1.82) is 0 Å². The summed E-state index contributed by atoms with van der Waals surface area (Å²) in [6.45, 7) is 7.98. The largest absolute Gasteiger partial charge is 0.508 e. The molecule has 1 rings (SSSR count). The Hall–Kier alpha value is -1.51. The summed E-state index contributed by atoms with van der Waals surface area (Å²) >= 11 is 0. The Morgan fingerprint density at radius 3 is 2.39 bits per heavy atom. The first kappa shape index (κ1) is 14.6. The van der Waals surface area contributed by atoms with Gasteiger partial charge in [0.15, 0.2) is 0 Å². The maximum absolute atomic E-state index is 11.3. The van der Waals surface area contributed by atoms with E-state index in [9.17, 15) is 15.0 Å². The third-order valence-corrected chi connectivity index (χ3v) is 3.11. The van der Waals surface area contributed by atoms with Crippen LogP contribution in [0.1, 0.15) is 57.6 Å². The first-order valence-electron chi connectivity index (χ1n) is 6.33. The minimum Gasteiger partial charge on any atom is -0.508 e. The normalized spacial score (nSPS) is 13.3. The zero-order valence-electron chi connectivity index (χ0n) is 11.5. The molecule has 3 heteroatoms. The van der Waals surface area contributed by atoms with Gasteiger partial charge in [0.2, 0.25) is 0 Å². The Kier molecular flexibility index (Phi) is 4.38. The van der Waals surface area contributed by atoms with Crippen molar-refractivity contribution >= 4 is 5.97 Å². The van der Waals surface area contributed by atoms with Gasteiger partial charge in [0, 0.05) is 0 Å². The number of carbonyl (C=O) groups is 1. The molecule has 0 aliphatic rings. The number of hydrogen-bond donors (Lipinski definition) is 2. The molecule has 0 radical (unpaired) electrons. The number of hydrogen-bond acceptors (Lipinski definition) is 2. The van der Waals surface area contributed by atoms with Gasteiger partial charge in [-0.1, -0.05) is 46.2 Å². The highest BCUT2D eigenvalue weighted by molar-refractivity contribution is 5.76. The van der Waals surface area contributed by atoms with Gasteiger partial charge in [0.1, 0.15) is 5.75 Å². The third-order valence-electron chi connectivity index (χ3n) is 3.11. The molecule has 0 aliphatic heterocycles. The molecule has 2 N–H and O–H groups in total. The van der Waals surface area contributed by atoms with Crippen LogP contribution >= 0.6 is 0 Å². The highest BCUT2D eigenvalue weighted by Gasteiger charge is 2.23. The van der Waals surface area contributed by atoms with Crippen LogP contribution in [-0.2, 0) is 10.2 Å². The predicted molar refractivity (Wildman–Crippen MR) is 72.1 cm³/mol. The average Bonchev–Trinajstić information content (AvgIpc) is 2.25. The van der Waals surface area contributed by atoms with Crippen LogP contribution in [-0.4, -0.2) is 16.2 Å². The third kappa shape index (κ3) is 3.25. The lowest BCUT2D eigenvalue weighted by atomic mass is 9.83. The van der Waals surface area contributed by atoms with Crippen molar-refractivity contribution < 1.29 is 15.0 Å². The van der Waals surface area contributed by atoms with Gasteiger partial charge >= 0.3 is 5.97 Å². The van der Waals surface area contributed by atoms with E-state index in [0.717, 1.165) is 17.5 Å². The van der Waals surface area contributed by atoms with E-state index in [2.05, 4.69) is 0 Å². The van der Waals surface area contributed by atoms with Gasteiger partial charge in [-0.2, -0.15) is 0 Å². The molecule has 1 aromatic carbocycles. The Labute approximate surface area is 108 Å². The summed E-state index contributed by atoms with van der Waals surface area (Å²) in [5.41, 5.74) is 1.37. The Morgan fingerprint density at radius 1 is 1.33 bits per heavy atom. The van der Waals surface area contributed by atoms with E-state index >= 15 is 0 Å². The monoisotopic (exact) mass is 250 g/mol. The average molecular weight is 250 g/mol. The fraction of sp³-hybridized carbons (Fsp3) is 0.533. The number of aliphatic carboxylic acids is 1. The van der Waals surface area contributed by atoms with Crippen LogP contribution < -0.4 is 0 Å². The molecular formula is C15H22O3. The van der Waals surface area contributed by atoms with Gasteiger partial charge in [-0.3, -0.25) is 4.79 Å². The second-order valence-corrected chi connectivity index (χ2v) is 5.71. The molecule has 0 heterocycles. The van der Waals surface area contributed by atoms with Crippen molar-refractivity contribution in [3.05, 3.63) is 29.3 Å². The molecule has 0 saturated heterocycles. The summed E-state index contributed by atoms with van der Waals surface area (Å²) in [6.07, 6.45) is 1.44. The summed E-state index contributed by atoms with van der Waals surface area (Å²) in [5, 5.41) is 19.1. The molecule has 100 valence electrons. The van der Waals surface area contributed by atoms with E-state index in [1.807, 2.05) is 33.8 Å². The molecule has 0 aliphatic carbocycles. The van der Waals surface area contributed by atoms with Crippen molar-refractivity contribution in [2.75, 3.05) is 0 Å². The number of carboxylic acids is 1. The summed E-state index contributed by atoms with van der Waals surface area (Å²) in [4.78, 5) is 11.3. The lowest BCUT2D eigenvalue weighted by Crippen LogP contribution is -2.15. The van der Waals surface area contributed by atoms with Crippen LogP contribution in [0.25, 0.3) is 0 Å². The first-order valence-corrected chi connectivity index (χ1v) is 6.33. The number of phenolic OH excluding ortho intramolecular Hbond substituents is 1. The van der Waals surface area contributed by atoms with Crippen molar-refractivity contribution in [3.8, 4) is 5.75 Å². The molecule has 18 heavy (non-hydrogen) atoms. The maximum Gasteiger partial charge on any atom is 0.310 e. The molecule has 0 amide bonds. The maximum atomic E-state index is 11.3. The molecule has 1 atom stereocenters. The number of aromatic hydroxyl groups is 1. The Balaban J connectivity index is 3.22. The second-order valence-electron chi connectivity index (χ2n) is 5.71. The quantitative estimate of drug-likeness (QED) is 0.857. The van der Waals surface area contributed by atoms with Gasteiger partial charge in [0.25, 0.3) is 0 Å². The fourth-order valence-electron chi connectivity index (χ4n) is 2.09. The number of rotatable bonds is 4. The molecule has 0 saturated carbocycles. The van der Waals surface area contributed by atoms with Gasteiger partial charge < -0.3 is 10.2 Å². The van der Waals surface area contributed by atoms with E-state index < -0.39 is 11.9 Å². The molecule has 0 aromatic heterocycles. The van der Waals surface area contributed by atoms with Crippen molar-refractivity contribution in [1.82, 2.24) is 0 Å². The summed E-state index contributed by atoms with van der Waals surface area (Å²) in [6, 6.07) is 5.13. The minimum atomic E-state index is -0.803. The lowest BCUT2D eigenvalue weighted by molar-refractivity contribution is -0.139. The van der Waals surface area contributed by atoms with Crippen LogP contribution in [0.3, 0.4) is 0 Å². The summed E-state index contributed by atoms with van der Waals surface area (Å²) in [5.74, 6) is -1.06. The summed E-state index contributed by atoms with van der Waals surface area (Å²) < 4.78 is 0. The number of carboxylic acid groups (broad SMARTS) is 1. The van der Waals surface area contributed by atoms with Crippen LogP contribution in [0, 0.1) is 0 Å². The van der Waals surface area contributed by atoms with Crippen LogP contribution in [0.15, 0.2) is 18.2 Å². The minimum absolute atomic E-state index is 0.199. The topological polar surface area (TPSA) is 57.5 Å². The lowest BCUT2D eigenvalue weighted by Gasteiger charge is -2.22. The zero-order valence-corrected chi connectivity index (χ0v) is 11.5. The van der Waals surface area contributed by atoms with Gasteiger partial charge in [0.05, 0.1) is 5.92 Å². The second kappa shape index (κ2) is 5.42. The number of phenols is 1. The SMILES string of the molecule is CCCC(C(=O)O)c1ccc(O)c(C(C)(C)C)c1. The van der Waals surface area contributed by atoms with Crippen molar-refractivity contribution in [3.63, 3.8) is 0 Å². The standard InChI is InChI=1S/C15H22O3/c1-5-6-11(14(17)18)10-7-8-13(16)12(9-10)15(2,3)4/h7-9,11,16H,5-6H2,1-4H3,(H,17,18). The molecule has 0 spiro atoms. The molecular weight excluding hydrogens is 228 g/mol. The molecule has 0 bridgehead atoms. The highest BCUT2D eigenvalue weighted by Crippen LogP contribution is 2.34. The Bertz CT molecular complexity index is 430. The van der Waals surface area contributed by atoms with Gasteiger partial charge in [-0.25, -0.2) is 0 Å². The van der Waals surface area contributed by atoms with E-state index in [1.54, 1.807) is 12.1 Å². The molecule has 1 aromatic rings. The fourth-order valence-corrected chi connectivity index (χ4v) is 2.09. The number of benzene rings is 1. The predicted octanol–water partition coefficient (Wildman–Crippen LogP) is 3.66. The van der Waals surface area contributed by atoms with Gasteiger partial charge in [-0.05, 0) is 29.0 Å². The molecule has 0 fully saturated rings. The zero-order chi connectivity index (χ0) is 13.9. The first-order chi connectivity index (χ1) is 8.27. The van der Waals surface area contributed by atoms with E-state index in [1.165, 1.54) is 0 Å². The van der Waals surface area contributed by atoms with Gasteiger partial charge in [-0.15, -0.1) is 0 Å². The van der Waals surface area contributed by atoms with Crippen LogP contribution in [0.5, 0.6) is 5.75 Å². The van der Waals surface area contributed by atoms with E-state index in [-0.39, 0.29) is 11.2 Å². The van der Waals surface area contributed by atoms with Crippen molar-refractivity contribution in [2.45, 2.75) is 51.9 Å². The summed E-state index contributed by atoms with van der Waals surface area (Å²) in [7, 11) is 0. The Morgan fingerprint density at radius 2 is 1.94 bits per heavy atom. The van der Waals surface area contributed by atoms with Crippen molar-refractivity contribution in [2.24, 2.45) is 0 Å². The molecule has 1 unspecified atom stereocenters. The smallest absolute Gasteiger partial charge is 0.310 e. The van der Waals surface area contributed by atoms with E-state index in [0.29, 0.717) is 6.42 Å².